The molecule has 0 amide bonds. The van der Waals surface area contributed by atoms with Gasteiger partial charge in [0.15, 0.2) is 5.96 Å². The quantitative estimate of drug-likeness (QED) is 0.640. The predicted octanol–water partition coefficient (Wildman–Crippen LogP) is 2.64. The molecule has 1 aliphatic rings. The highest BCUT2D eigenvalue weighted by molar-refractivity contribution is 7.11. The summed E-state index contributed by atoms with van der Waals surface area (Å²) in [5, 5.41) is 4.51. The van der Waals surface area contributed by atoms with Crippen molar-refractivity contribution in [2.24, 2.45) is 4.99 Å². The standard InChI is InChI=1S/C17H31N5S/c1-6-18-17(19-11-16-20-13(3)14(4)23-16)21(5)12-15-9-8-10-22(15)7-2/h15H,6-12H2,1-5H3,(H,18,19). The van der Waals surface area contributed by atoms with Gasteiger partial charge in [0, 0.05) is 31.1 Å². The average Bonchev–Trinajstić information content (AvgIpc) is 3.10. The second-order valence-corrected chi connectivity index (χ2v) is 7.51. The normalized spacial score (nSPS) is 19.3. The molecule has 130 valence electrons. The molecule has 0 radical (unpaired) electrons. The van der Waals surface area contributed by atoms with Crippen molar-refractivity contribution in [2.75, 3.05) is 33.2 Å². The average molecular weight is 338 g/mol. The maximum Gasteiger partial charge on any atom is 0.194 e. The van der Waals surface area contributed by atoms with E-state index in [4.69, 9.17) is 4.99 Å². The zero-order valence-corrected chi connectivity index (χ0v) is 16.0. The Morgan fingerprint density at radius 3 is 2.83 bits per heavy atom. The topological polar surface area (TPSA) is 43.8 Å². The van der Waals surface area contributed by atoms with Gasteiger partial charge in [-0.3, -0.25) is 4.90 Å². The van der Waals surface area contributed by atoms with E-state index < -0.39 is 0 Å². The summed E-state index contributed by atoms with van der Waals surface area (Å²) in [7, 11) is 2.14. The molecule has 2 rings (SSSR count). The molecule has 0 aliphatic carbocycles. The highest BCUT2D eigenvalue weighted by atomic mass is 32.1. The van der Waals surface area contributed by atoms with Crippen LogP contribution >= 0.6 is 11.3 Å². The molecule has 5 nitrogen and oxygen atoms in total. The minimum Gasteiger partial charge on any atom is -0.357 e. The Labute approximate surface area is 144 Å². The largest absolute Gasteiger partial charge is 0.357 e. The molecule has 1 unspecified atom stereocenters. The van der Waals surface area contributed by atoms with Crippen molar-refractivity contribution in [3.05, 3.63) is 15.6 Å². The van der Waals surface area contributed by atoms with Crippen LogP contribution in [-0.2, 0) is 6.54 Å². The molecule has 0 spiro atoms. The summed E-state index contributed by atoms with van der Waals surface area (Å²) >= 11 is 1.75. The molecular formula is C17H31N5S. The molecule has 0 bridgehead atoms. The Bertz CT molecular complexity index is 506. The second-order valence-electron chi connectivity index (χ2n) is 6.22. The van der Waals surface area contributed by atoms with Gasteiger partial charge in [-0.25, -0.2) is 9.98 Å². The van der Waals surface area contributed by atoms with Crippen molar-refractivity contribution in [2.45, 2.75) is 53.1 Å². The van der Waals surface area contributed by atoms with Crippen LogP contribution in [0.15, 0.2) is 4.99 Å². The number of nitrogens with zero attached hydrogens (tertiary/aromatic N) is 4. The van der Waals surface area contributed by atoms with Crippen LogP contribution in [0.5, 0.6) is 0 Å². The molecule has 1 aliphatic heterocycles. The number of likely N-dealkylation sites (tertiary alicyclic amines) is 1. The smallest absolute Gasteiger partial charge is 0.194 e. The van der Waals surface area contributed by atoms with E-state index in [1.54, 1.807) is 11.3 Å². The van der Waals surface area contributed by atoms with E-state index >= 15 is 0 Å². The summed E-state index contributed by atoms with van der Waals surface area (Å²) in [6.45, 7) is 13.5. The molecule has 0 saturated carbocycles. The maximum atomic E-state index is 4.79. The zero-order chi connectivity index (χ0) is 16.8. The summed E-state index contributed by atoms with van der Waals surface area (Å²) in [6.07, 6.45) is 2.61. The van der Waals surface area contributed by atoms with E-state index in [0.717, 1.165) is 36.3 Å². The van der Waals surface area contributed by atoms with Gasteiger partial charge in [0.25, 0.3) is 0 Å². The highest BCUT2D eigenvalue weighted by Crippen LogP contribution is 2.18. The molecule has 1 atom stereocenters. The van der Waals surface area contributed by atoms with E-state index in [-0.39, 0.29) is 0 Å². The molecule has 2 heterocycles. The van der Waals surface area contributed by atoms with E-state index in [1.807, 2.05) is 0 Å². The summed E-state index contributed by atoms with van der Waals surface area (Å²) in [4.78, 5) is 15.5. The highest BCUT2D eigenvalue weighted by Gasteiger charge is 2.24. The first kappa shape index (κ1) is 18.2. The van der Waals surface area contributed by atoms with Crippen LogP contribution in [0.4, 0.5) is 0 Å². The van der Waals surface area contributed by atoms with Crippen LogP contribution in [0.2, 0.25) is 0 Å². The summed E-state index contributed by atoms with van der Waals surface area (Å²) in [5.41, 5.74) is 1.13. The third kappa shape index (κ3) is 4.91. The molecule has 1 fully saturated rings. The van der Waals surface area contributed by atoms with Gasteiger partial charge in [0.05, 0.1) is 12.2 Å². The predicted molar refractivity (Wildman–Crippen MR) is 99.3 cm³/mol. The van der Waals surface area contributed by atoms with Crippen LogP contribution < -0.4 is 5.32 Å². The minimum atomic E-state index is 0.651. The van der Waals surface area contributed by atoms with E-state index in [9.17, 15) is 0 Å². The van der Waals surface area contributed by atoms with Gasteiger partial charge >= 0.3 is 0 Å². The number of rotatable bonds is 6. The van der Waals surface area contributed by atoms with Crippen molar-refractivity contribution in [3.63, 3.8) is 0 Å². The number of hydrogen-bond acceptors (Lipinski definition) is 4. The van der Waals surface area contributed by atoms with Crippen molar-refractivity contribution in [3.8, 4) is 0 Å². The van der Waals surface area contributed by atoms with E-state index in [1.165, 1.54) is 24.3 Å². The van der Waals surface area contributed by atoms with Crippen molar-refractivity contribution in [1.82, 2.24) is 20.1 Å². The molecule has 1 aromatic heterocycles. The monoisotopic (exact) mass is 337 g/mol. The lowest BCUT2D eigenvalue weighted by molar-refractivity contribution is 0.232. The van der Waals surface area contributed by atoms with Crippen molar-refractivity contribution in [1.29, 1.82) is 0 Å². The first-order chi connectivity index (χ1) is 11.0. The first-order valence-corrected chi connectivity index (χ1v) is 9.53. The van der Waals surface area contributed by atoms with Gasteiger partial charge in [-0.1, -0.05) is 6.92 Å². The van der Waals surface area contributed by atoms with Crippen LogP contribution in [-0.4, -0.2) is 60.0 Å². The van der Waals surface area contributed by atoms with Gasteiger partial charge in [-0.15, -0.1) is 11.3 Å². The number of aliphatic imine (C=N–C) groups is 1. The van der Waals surface area contributed by atoms with Crippen LogP contribution in [0.3, 0.4) is 0 Å². The molecule has 0 aromatic carbocycles. The summed E-state index contributed by atoms with van der Waals surface area (Å²) in [5.74, 6) is 0.987. The minimum absolute atomic E-state index is 0.651. The first-order valence-electron chi connectivity index (χ1n) is 8.71. The van der Waals surface area contributed by atoms with Crippen LogP contribution in [0.1, 0.15) is 42.3 Å². The van der Waals surface area contributed by atoms with Crippen molar-refractivity contribution >= 4 is 17.3 Å². The number of thiazole rings is 1. The van der Waals surface area contributed by atoms with Gasteiger partial charge in [0.1, 0.15) is 5.01 Å². The third-order valence-corrected chi connectivity index (χ3v) is 5.58. The SMILES string of the molecule is CCNC(=NCc1nc(C)c(C)s1)N(C)CC1CCCN1CC. The maximum absolute atomic E-state index is 4.79. The molecular weight excluding hydrogens is 306 g/mol. The van der Waals surface area contributed by atoms with Crippen LogP contribution in [0, 0.1) is 13.8 Å². The van der Waals surface area contributed by atoms with Gasteiger partial charge in [-0.2, -0.15) is 0 Å². The Kier molecular flexibility index (Phi) is 6.84. The fourth-order valence-corrected chi connectivity index (χ4v) is 4.00. The van der Waals surface area contributed by atoms with Gasteiger partial charge < -0.3 is 10.2 Å². The molecule has 1 aromatic rings. The third-order valence-electron chi connectivity index (χ3n) is 4.52. The lowest BCUT2D eigenvalue weighted by Gasteiger charge is -2.29. The number of hydrogen-bond donors (Lipinski definition) is 1. The summed E-state index contributed by atoms with van der Waals surface area (Å²) in [6, 6.07) is 0.651. The Balaban J connectivity index is 1.99. The van der Waals surface area contributed by atoms with E-state index in [2.05, 4.69) is 54.8 Å². The van der Waals surface area contributed by atoms with E-state index in [0.29, 0.717) is 12.6 Å². The molecule has 23 heavy (non-hydrogen) atoms. The van der Waals surface area contributed by atoms with Gasteiger partial charge in [0.2, 0.25) is 0 Å². The molecule has 1 saturated heterocycles. The molecule has 6 heteroatoms. The Morgan fingerprint density at radius 2 is 2.22 bits per heavy atom. The number of aryl methyl sites for hydroxylation is 2. The number of nitrogens with one attached hydrogen (secondary N) is 1. The Hall–Kier alpha value is -1.14. The fraction of sp³-hybridized carbons (Fsp3) is 0.765. The number of aromatic nitrogens is 1. The lowest BCUT2D eigenvalue weighted by atomic mass is 10.2. The second kappa shape index (κ2) is 8.64. The van der Waals surface area contributed by atoms with Crippen LogP contribution in [0.25, 0.3) is 0 Å². The van der Waals surface area contributed by atoms with Gasteiger partial charge in [-0.05, 0) is 46.7 Å². The fourth-order valence-electron chi connectivity index (χ4n) is 3.14. The zero-order valence-electron chi connectivity index (χ0n) is 15.2. The number of guanidine groups is 1. The molecule has 1 N–H and O–H groups in total. The number of likely N-dealkylation sites (N-methyl/N-ethyl adjacent to an activating group) is 2. The lowest BCUT2D eigenvalue weighted by Crippen LogP contribution is -2.45. The Morgan fingerprint density at radius 1 is 1.43 bits per heavy atom. The van der Waals surface area contributed by atoms with Crippen molar-refractivity contribution < 1.29 is 0 Å². The summed E-state index contributed by atoms with van der Waals surface area (Å²) < 4.78 is 0.